The van der Waals surface area contributed by atoms with Crippen LogP contribution in [-0.2, 0) is 17.4 Å². The van der Waals surface area contributed by atoms with Gasteiger partial charge in [-0.1, -0.05) is 6.92 Å². The lowest BCUT2D eigenvalue weighted by Gasteiger charge is -2.44. The predicted molar refractivity (Wildman–Crippen MR) is 99.5 cm³/mol. The quantitative estimate of drug-likeness (QED) is 0.892. The molecule has 6 heteroatoms. The van der Waals surface area contributed by atoms with Crippen LogP contribution in [0, 0.1) is 0 Å². The minimum atomic E-state index is -0.860. The van der Waals surface area contributed by atoms with Gasteiger partial charge in [-0.2, -0.15) is 0 Å². The molecule has 2 bridgehead atoms. The molecule has 0 radical (unpaired) electrons. The molecule has 1 aromatic rings. The second-order valence-electron chi connectivity index (χ2n) is 8.50. The van der Waals surface area contributed by atoms with Gasteiger partial charge in [-0.25, -0.2) is 4.98 Å². The van der Waals surface area contributed by atoms with Gasteiger partial charge in [0.05, 0.1) is 6.54 Å². The van der Waals surface area contributed by atoms with Crippen LogP contribution in [0.3, 0.4) is 0 Å². The molecule has 3 fully saturated rings. The van der Waals surface area contributed by atoms with Crippen molar-refractivity contribution in [2.75, 3.05) is 13.1 Å². The highest BCUT2D eigenvalue weighted by molar-refractivity contribution is 5.79. The number of aromatic nitrogens is 2. The van der Waals surface area contributed by atoms with Crippen LogP contribution in [0.4, 0.5) is 0 Å². The van der Waals surface area contributed by atoms with Crippen molar-refractivity contribution in [2.24, 2.45) is 7.05 Å². The zero-order valence-electron chi connectivity index (χ0n) is 16.1. The molecular weight excluding hydrogens is 328 g/mol. The average molecular weight is 361 g/mol. The molecule has 144 valence electrons. The summed E-state index contributed by atoms with van der Waals surface area (Å²) < 4.78 is 1.93. The fourth-order valence-corrected chi connectivity index (χ4v) is 5.57. The van der Waals surface area contributed by atoms with E-state index in [1.807, 2.05) is 17.8 Å². The van der Waals surface area contributed by atoms with E-state index in [-0.39, 0.29) is 18.0 Å². The van der Waals surface area contributed by atoms with Crippen LogP contribution in [0.15, 0.2) is 12.4 Å². The van der Waals surface area contributed by atoms with Crippen molar-refractivity contribution in [3.63, 3.8) is 0 Å². The molecule has 0 spiro atoms. The summed E-state index contributed by atoms with van der Waals surface area (Å²) >= 11 is 0. The third-order valence-corrected chi connectivity index (χ3v) is 6.89. The molecule has 26 heavy (non-hydrogen) atoms. The van der Waals surface area contributed by atoms with Gasteiger partial charge in [0.25, 0.3) is 0 Å². The molecule has 0 aromatic carbocycles. The van der Waals surface area contributed by atoms with E-state index in [0.29, 0.717) is 25.4 Å². The van der Waals surface area contributed by atoms with Crippen LogP contribution in [0.2, 0.25) is 0 Å². The third kappa shape index (κ3) is 3.07. The van der Waals surface area contributed by atoms with E-state index in [2.05, 4.69) is 21.7 Å². The SMILES string of the molecule is CC[C@@H]1CCCCN1C(=O)CN1[C@H]2CC[C@H]1CC(O)(c1nccn1C)C2. The Morgan fingerprint density at radius 2 is 2.00 bits per heavy atom. The zero-order valence-corrected chi connectivity index (χ0v) is 16.1. The van der Waals surface area contributed by atoms with Crippen LogP contribution in [-0.4, -0.2) is 61.6 Å². The first-order valence-corrected chi connectivity index (χ1v) is 10.3. The largest absolute Gasteiger partial charge is 0.382 e. The smallest absolute Gasteiger partial charge is 0.237 e. The van der Waals surface area contributed by atoms with Gasteiger partial charge in [0.15, 0.2) is 0 Å². The van der Waals surface area contributed by atoms with Gasteiger partial charge in [0.2, 0.25) is 5.91 Å². The van der Waals surface area contributed by atoms with Crippen molar-refractivity contribution >= 4 is 5.91 Å². The summed E-state index contributed by atoms with van der Waals surface area (Å²) in [5.41, 5.74) is -0.860. The number of carbonyl (C=O) groups is 1. The highest BCUT2D eigenvalue weighted by atomic mass is 16.3. The molecule has 0 aliphatic carbocycles. The number of fused-ring (bicyclic) bond motifs is 2. The van der Waals surface area contributed by atoms with Crippen LogP contribution >= 0.6 is 0 Å². The second-order valence-corrected chi connectivity index (χ2v) is 8.50. The number of hydrogen-bond donors (Lipinski definition) is 1. The average Bonchev–Trinajstić information content (AvgIpc) is 3.17. The van der Waals surface area contributed by atoms with Crippen molar-refractivity contribution in [1.82, 2.24) is 19.4 Å². The topological polar surface area (TPSA) is 61.6 Å². The predicted octanol–water partition coefficient (Wildman–Crippen LogP) is 2.03. The molecule has 4 rings (SSSR count). The number of likely N-dealkylation sites (tertiary alicyclic amines) is 1. The lowest BCUT2D eigenvalue weighted by molar-refractivity contribution is -0.139. The second kappa shape index (κ2) is 6.97. The molecule has 6 nitrogen and oxygen atoms in total. The number of aliphatic hydroxyl groups is 1. The number of rotatable bonds is 4. The highest BCUT2D eigenvalue weighted by Crippen LogP contribution is 2.45. The van der Waals surface area contributed by atoms with Gasteiger partial charge in [-0.15, -0.1) is 0 Å². The first-order valence-electron chi connectivity index (χ1n) is 10.3. The van der Waals surface area contributed by atoms with Gasteiger partial charge in [-0.05, 0) is 51.4 Å². The molecular formula is C20H32N4O2. The monoisotopic (exact) mass is 360 g/mol. The molecule has 1 amide bonds. The van der Waals surface area contributed by atoms with Crippen LogP contribution < -0.4 is 0 Å². The van der Waals surface area contributed by atoms with E-state index in [1.54, 1.807) is 6.20 Å². The van der Waals surface area contributed by atoms with Gasteiger partial charge in [-0.3, -0.25) is 9.69 Å². The lowest BCUT2D eigenvalue weighted by atomic mass is 9.85. The van der Waals surface area contributed by atoms with Crippen molar-refractivity contribution in [3.8, 4) is 0 Å². The van der Waals surface area contributed by atoms with E-state index in [9.17, 15) is 9.90 Å². The summed E-state index contributed by atoms with van der Waals surface area (Å²) in [5, 5.41) is 11.3. The maximum atomic E-state index is 13.0. The van der Waals surface area contributed by atoms with Gasteiger partial charge < -0.3 is 14.6 Å². The van der Waals surface area contributed by atoms with Crippen LogP contribution in [0.25, 0.3) is 0 Å². The van der Waals surface area contributed by atoms with Crippen molar-refractivity contribution < 1.29 is 9.90 Å². The molecule has 3 saturated heterocycles. The minimum absolute atomic E-state index is 0.282. The number of carbonyl (C=O) groups excluding carboxylic acids is 1. The summed E-state index contributed by atoms with van der Waals surface area (Å²) in [4.78, 5) is 21.9. The number of imidazole rings is 1. The van der Waals surface area contributed by atoms with E-state index < -0.39 is 5.60 Å². The molecule has 1 N–H and O–H groups in total. The molecule has 3 aliphatic heterocycles. The van der Waals surface area contributed by atoms with E-state index in [1.165, 1.54) is 6.42 Å². The van der Waals surface area contributed by atoms with Gasteiger partial charge in [0.1, 0.15) is 11.4 Å². The Kier molecular flexibility index (Phi) is 4.82. The minimum Gasteiger partial charge on any atom is -0.382 e. The fraction of sp³-hybridized carbons (Fsp3) is 0.800. The fourth-order valence-electron chi connectivity index (χ4n) is 5.57. The van der Waals surface area contributed by atoms with E-state index in [4.69, 9.17) is 0 Å². The molecule has 3 aliphatic rings. The third-order valence-electron chi connectivity index (χ3n) is 6.89. The van der Waals surface area contributed by atoms with E-state index in [0.717, 1.165) is 44.5 Å². The van der Waals surface area contributed by atoms with Crippen LogP contribution in [0.1, 0.15) is 64.1 Å². The highest BCUT2D eigenvalue weighted by Gasteiger charge is 2.50. The number of aryl methyl sites for hydroxylation is 1. The number of nitrogens with zero attached hydrogens (tertiary/aromatic N) is 4. The van der Waals surface area contributed by atoms with Gasteiger partial charge >= 0.3 is 0 Å². The molecule has 0 unspecified atom stereocenters. The normalized spacial score (nSPS) is 35.0. The Balaban J connectivity index is 1.45. The first-order chi connectivity index (χ1) is 12.5. The summed E-state index contributed by atoms with van der Waals surface area (Å²) in [6, 6.07) is 0.983. The van der Waals surface area contributed by atoms with Crippen molar-refractivity contribution in [2.45, 2.75) is 82.0 Å². The molecule has 3 atom stereocenters. The Hall–Kier alpha value is -1.40. The summed E-state index contributed by atoms with van der Waals surface area (Å²) in [6.07, 6.45) is 11.7. The summed E-state index contributed by atoms with van der Waals surface area (Å²) in [6.45, 7) is 3.62. The molecule has 4 heterocycles. The summed E-state index contributed by atoms with van der Waals surface area (Å²) in [5.74, 6) is 1.05. The standard InChI is InChI=1S/C20H32N4O2/c1-3-15-6-4-5-10-23(15)18(25)14-24-16-7-8-17(24)13-20(26,12-16)19-21-9-11-22(19)2/h9,11,15-17,26H,3-8,10,12-14H2,1-2H3/t15-,16+,17+/m1/s1. The maximum Gasteiger partial charge on any atom is 0.237 e. The number of amides is 1. The Morgan fingerprint density at radius 1 is 1.27 bits per heavy atom. The zero-order chi connectivity index (χ0) is 18.3. The molecule has 1 aromatic heterocycles. The Bertz CT molecular complexity index is 644. The number of hydrogen-bond acceptors (Lipinski definition) is 4. The Labute approximate surface area is 156 Å². The number of piperidine rings is 2. The van der Waals surface area contributed by atoms with Crippen LogP contribution in [0.5, 0.6) is 0 Å². The Morgan fingerprint density at radius 3 is 2.62 bits per heavy atom. The van der Waals surface area contributed by atoms with Crippen molar-refractivity contribution in [1.29, 1.82) is 0 Å². The summed E-state index contributed by atoms with van der Waals surface area (Å²) in [7, 11) is 1.94. The van der Waals surface area contributed by atoms with E-state index >= 15 is 0 Å². The molecule has 0 saturated carbocycles. The first kappa shape index (κ1) is 18.0. The van der Waals surface area contributed by atoms with Crippen molar-refractivity contribution in [3.05, 3.63) is 18.2 Å². The van der Waals surface area contributed by atoms with Gasteiger partial charge in [0, 0.05) is 44.1 Å². The maximum absolute atomic E-state index is 13.0. The lowest BCUT2D eigenvalue weighted by Crippen LogP contribution is -2.55.